The molecule has 1 fully saturated rings. The molecule has 2 aliphatic rings. The normalized spacial score (nSPS) is 16.8. The first kappa shape index (κ1) is 17.4. The highest BCUT2D eigenvalue weighted by Gasteiger charge is 2.18. The van der Waals surface area contributed by atoms with Gasteiger partial charge in [0.05, 0.1) is 10.3 Å². The molecule has 1 aliphatic heterocycles. The molecule has 1 saturated heterocycles. The molecule has 5 heteroatoms. The molecule has 1 amide bonds. The van der Waals surface area contributed by atoms with Gasteiger partial charge in [-0.3, -0.25) is 4.79 Å². The number of carbonyl (C=O) groups excluding carboxylic acids is 1. The van der Waals surface area contributed by atoms with E-state index in [0.29, 0.717) is 10.3 Å². The number of aryl methyl sites for hydroxylation is 2. The van der Waals surface area contributed by atoms with E-state index in [1.165, 1.54) is 52.4 Å². The van der Waals surface area contributed by atoms with Crippen molar-refractivity contribution in [2.45, 2.75) is 28.7 Å². The van der Waals surface area contributed by atoms with Crippen molar-refractivity contribution in [2.24, 2.45) is 0 Å². The molecular formula is C20H21NOS3. The number of amides is 1. The molecule has 2 aromatic carbocycles. The van der Waals surface area contributed by atoms with Gasteiger partial charge in [-0.25, -0.2) is 0 Å². The van der Waals surface area contributed by atoms with Crippen LogP contribution in [0.15, 0.2) is 47.4 Å². The summed E-state index contributed by atoms with van der Waals surface area (Å²) in [6.07, 6.45) is 3.65. The Balaban J connectivity index is 1.33. The number of fused-ring (bicyclic) bond motifs is 1. The zero-order valence-electron chi connectivity index (χ0n) is 14.0. The number of hydrogen-bond donors (Lipinski definition) is 1. The van der Waals surface area contributed by atoms with E-state index < -0.39 is 0 Å². The average Bonchev–Trinajstić information content (AvgIpc) is 3.31. The van der Waals surface area contributed by atoms with E-state index >= 15 is 0 Å². The largest absolute Gasteiger partial charge is 0.325 e. The maximum absolute atomic E-state index is 12.3. The van der Waals surface area contributed by atoms with E-state index in [2.05, 4.69) is 35.6 Å². The minimum Gasteiger partial charge on any atom is -0.325 e. The number of benzene rings is 2. The molecule has 0 radical (unpaired) electrons. The molecule has 2 aromatic rings. The summed E-state index contributed by atoms with van der Waals surface area (Å²) >= 11 is 5.60. The SMILES string of the molecule is O=C(CSc1ccc2c(c1)CCC2)Nc1cccc(C2SCCS2)c1. The number of nitrogens with one attached hydrogen (secondary N) is 1. The summed E-state index contributed by atoms with van der Waals surface area (Å²) < 4.78 is 0.512. The standard InChI is InChI=1S/C20H21NOS3/c22-19(13-25-18-8-7-14-3-1-4-15(14)12-18)21-17-6-2-5-16(11-17)20-23-9-10-24-20/h2,5-8,11-12,20H,1,3-4,9-10,13H2,(H,21,22). The molecule has 1 heterocycles. The molecule has 25 heavy (non-hydrogen) atoms. The maximum atomic E-state index is 12.3. The second-order valence-corrected chi connectivity index (χ2v) is 10.1. The molecule has 4 rings (SSSR count). The topological polar surface area (TPSA) is 29.1 Å². The van der Waals surface area contributed by atoms with Gasteiger partial charge in [0, 0.05) is 22.1 Å². The van der Waals surface area contributed by atoms with Gasteiger partial charge >= 0.3 is 0 Å². The molecular weight excluding hydrogens is 366 g/mol. The fraction of sp³-hybridized carbons (Fsp3) is 0.350. The molecule has 0 atom stereocenters. The summed E-state index contributed by atoms with van der Waals surface area (Å²) in [5, 5.41) is 3.05. The van der Waals surface area contributed by atoms with Crippen molar-refractivity contribution in [3.8, 4) is 0 Å². The van der Waals surface area contributed by atoms with Gasteiger partial charge in [0.1, 0.15) is 0 Å². The summed E-state index contributed by atoms with van der Waals surface area (Å²) in [6.45, 7) is 0. The van der Waals surface area contributed by atoms with E-state index in [-0.39, 0.29) is 5.91 Å². The van der Waals surface area contributed by atoms with Gasteiger partial charge in [0.2, 0.25) is 5.91 Å². The van der Waals surface area contributed by atoms with Crippen LogP contribution < -0.4 is 5.32 Å². The van der Waals surface area contributed by atoms with Crippen LogP contribution in [0, 0.1) is 0 Å². The van der Waals surface area contributed by atoms with E-state index in [9.17, 15) is 4.79 Å². The molecule has 0 spiro atoms. The third-order valence-corrected chi connectivity index (χ3v) is 8.60. The molecule has 2 nitrogen and oxygen atoms in total. The van der Waals surface area contributed by atoms with Crippen LogP contribution in [0.1, 0.15) is 27.7 Å². The lowest BCUT2D eigenvalue weighted by atomic mass is 10.1. The number of thioether (sulfide) groups is 3. The smallest absolute Gasteiger partial charge is 0.234 e. The first-order valence-corrected chi connectivity index (χ1v) is 11.7. The monoisotopic (exact) mass is 387 g/mol. The highest BCUT2D eigenvalue weighted by atomic mass is 32.2. The van der Waals surface area contributed by atoms with Crippen molar-refractivity contribution >= 4 is 46.9 Å². The van der Waals surface area contributed by atoms with Crippen LogP contribution in [0.25, 0.3) is 0 Å². The predicted molar refractivity (Wildman–Crippen MR) is 112 cm³/mol. The zero-order chi connectivity index (χ0) is 17.1. The van der Waals surface area contributed by atoms with Crippen LogP contribution in [0.2, 0.25) is 0 Å². The fourth-order valence-corrected chi connectivity index (χ4v) is 6.90. The predicted octanol–water partition coefficient (Wildman–Crippen LogP) is 5.38. The lowest BCUT2D eigenvalue weighted by Crippen LogP contribution is -2.14. The second-order valence-electron chi connectivity index (χ2n) is 6.32. The Labute approximate surface area is 161 Å². The Kier molecular flexibility index (Phi) is 5.63. The highest BCUT2D eigenvalue weighted by molar-refractivity contribution is 8.19. The van der Waals surface area contributed by atoms with Crippen LogP contribution in [-0.4, -0.2) is 23.2 Å². The number of hydrogen-bond acceptors (Lipinski definition) is 4. The van der Waals surface area contributed by atoms with Crippen LogP contribution in [0.5, 0.6) is 0 Å². The lowest BCUT2D eigenvalue weighted by Gasteiger charge is -2.11. The molecule has 0 aromatic heterocycles. The van der Waals surface area contributed by atoms with E-state index in [0.717, 1.165) is 5.69 Å². The average molecular weight is 388 g/mol. The van der Waals surface area contributed by atoms with Gasteiger partial charge in [0.25, 0.3) is 0 Å². The third-order valence-electron chi connectivity index (χ3n) is 4.50. The minimum atomic E-state index is 0.0642. The van der Waals surface area contributed by atoms with Crippen molar-refractivity contribution in [3.05, 3.63) is 59.2 Å². The summed E-state index contributed by atoms with van der Waals surface area (Å²) in [5.41, 5.74) is 5.15. The van der Waals surface area contributed by atoms with Crippen molar-refractivity contribution in [1.82, 2.24) is 0 Å². The summed E-state index contributed by atoms with van der Waals surface area (Å²) in [7, 11) is 0. The summed E-state index contributed by atoms with van der Waals surface area (Å²) in [4.78, 5) is 13.5. The summed E-state index contributed by atoms with van der Waals surface area (Å²) in [6, 6.07) is 14.9. The van der Waals surface area contributed by atoms with Gasteiger partial charge in [0.15, 0.2) is 0 Å². The Morgan fingerprint density at radius 3 is 2.80 bits per heavy atom. The Morgan fingerprint density at radius 2 is 1.92 bits per heavy atom. The van der Waals surface area contributed by atoms with Crippen molar-refractivity contribution < 1.29 is 4.79 Å². The lowest BCUT2D eigenvalue weighted by molar-refractivity contribution is -0.113. The van der Waals surface area contributed by atoms with E-state index in [4.69, 9.17) is 0 Å². The number of rotatable bonds is 5. The van der Waals surface area contributed by atoms with Gasteiger partial charge in [-0.15, -0.1) is 35.3 Å². The molecule has 1 aliphatic carbocycles. The Bertz CT molecular complexity index is 771. The quantitative estimate of drug-likeness (QED) is 0.697. The summed E-state index contributed by atoms with van der Waals surface area (Å²) in [5.74, 6) is 2.94. The van der Waals surface area contributed by atoms with Gasteiger partial charge < -0.3 is 5.32 Å². The maximum Gasteiger partial charge on any atom is 0.234 e. The first-order chi connectivity index (χ1) is 12.3. The van der Waals surface area contributed by atoms with Crippen LogP contribution in [0.4, 0.5) is 5.69 Å². The second kappa shape index (κ2) is 8.11. The molecule has 0 unspecified atom stereocenters. The van der Waals surface area contributed by atoms with E-state index in [1.807, 2.05) is 35.7 Å². The Morgan fingerprint density at radius 1 is 1.08 bits per heavy atom. The third kappa shape index (κ3) is 4.39. The molecule has 130 valence electrons. The first-order valence-electron chi connectivity index (χ1n) is 8.65. The van der Waals surface area contributed by atoms with Crippen molar-refractivity contribution in [3.63, 3.8) is 0 Å². The van der Waals surface area contributed by atoms with Gasteiger partial charge in [-0.1, -0.05) is 18.2 Å². The zero-order valence-corrected chi connectivity index (χ0v) is 16.4. The molecule has 1 N–H and O–H groups in total. The fourth-order valence-electron chi connectivity index (χ4n) is 3.30. The number of anilines is 1. The van der Waals surface area contributed by atoms with Crippen molar-refractivity contribution in [2.75, 3.05) is 22.6 Å². The van der Waals surface area contributed by atoms with Gasteiger partial charge in [-0.05, 0) is 60.2 Å². The van der Waals surface area contributed by atoms with Crippen molar-refractivity contribution in [1.29, 1.82) is 0 Å². The van der Waals surface area contributed by atoms with Gasteiger partial charge in [-0.2, -0.15) is 0 Å². The highest BCUT2D eigenvalue weighted by Crippen LogP contribution is 2.45. The minimum absolute atomic E-state index is 0.0642. The van der Waals surface area contributed by atoms with E-state index in [1.54, 1.807) is 11.8 Å². The van der Waals surface area contributed by atoms with Crippen LogP contribution in [-0.2, 0) is 17.6 Å². The number of carbonyl (C=O) groups is 1. The molecule has 0 saturated carbocycles. The van der Waals surface area contributed by atoms with Crippen LogP contribution >= 0.6 is 35.3 Å². The van der Waals surface area contributed by atoms with Crippen LogP contribution in [0.3, 0.4) is 0 Å². The Hall–Kier alpha value is -1.04. The molecule has 0 bridgehead atoms.